The number of allylic oxidation sites excluding steroid dienone is 4. The number of carboxylic acid groups (broad SMARTS) is 1. The van der Waals surface area contributed by atoms with Crippen LogP contribution in [0.4, 0.5) is 0 Å². The van der Waals surface area contributed by atoms with Gasteiger partial charge >= 0.3 is 17.9 Å². The van der Waals surface area contributed by atoms with Crippen LogP contribution in [-0.4, -0.2) is 80.6 Å². The number of carbonyl (C=O) groups excluding carboxylic acids is 2. The van der Waals surface area contributed by atoms with Gasteiger partial charge in [0.25, 0.3) is 0 Å². The van der Waals surface area contributed by atoms with Crippen molar-refractivity contribution in [3.05, 3.63) is 24.3 Å². The molecule has 8 heteroatoms. The number of aliphatic carboxylic acids is 1. The first-order valence-corrected chi connectivity index (χ1v) is 23.9. The Bertz CT molecular complexity index is 989. The van der Waals surface area contributed by atoms with E-state index in [4.69, 9.17) is 14.2 Å². The minimum absolute atomic E-state index is 0.0482. The molecule has 0 radical (unpaired) electrons. The third kappa shape index (κ3) is 39.1. The van der Waals surface area contributed by atoms with Gasteiger partial charge in [-0.2, -0.15) is 0 Å². The smallest absolute Gasteiger partial charge is 0.362 e. The Hall–Kier alpha value is -2.19. The summed E-state index contributed by atoms with van der Waals surface area (Å²) in [5, 5.41) is 9.63. The molecule has 0 aromatic carbocycles. The molecule has 0 aliphatic heterocycles. The van der Waals surface area contributed by atoms with E-state index in [-0.39, 0.29) is 36.2 Å². The van der Waals surface area contributed by atoms with E-state index >= 15 is 0 Å². The second-order valence-electron chi connectivity index (χ2n) is 17.4. The summed E-state index contributed by atoms with van der Waals surface area (Å²) in [5.74, 6) is -1.46. The Kier molecular flexibility index (Phi) is 39.0. The third-order valence-corrected chi connectivity index (χ3v) is 10.9. The number of nitrogens with zero attached hydrogens (tertiary/aromatic N) is 1. The van der Waals surface area contributed by atoms with Gasteiger partial charge in [-0.3, -0.25) is 9.59 Å². The summed E-state index contributed by atoms with van der Waals surface area (Å²) in [7, 11) is 5.53. The summed E-state index contributed by atoms with van der Waals surface area (Å²) < 4.78 is 17.3. The molecule has 0 rings (SSSR count). The number of unbranched alkanes of at least 4 members (excludes halogenated alkanes) is 25. The molecule has 0 aliphatic rings. The topological polar surface area (TPSA) is 99.1 Å². The van der Waals surface area contributed by atoms with Crippen molar-refractivity contribution in [3.63, 3.8) is 0 Å². The molecule has 0 saturated heterocycles. The predicted octanol–water partition coefficient (Wildman–Crippen LogP) is 13.3. The number of carbonyl (C=O) groups is 3. The zero-order chi connectivity index (χ0) is 42.1. The van der Waals surface area contributed by atoms with Crippen LogP contribution in [-0.2, 0) is 28.6 Å². The van der Waals surface area contributed by atoms with E-state index in [9.17, 15) is 19.5 Å². The largest absolute Gasteiger partial charge is 0.477 e. The summed E-state index contributed by atoms with van der Waals surface area (Å²) in [4.78, 5) is 37.0. The zero-order valence-corrected chi connectivity index (χ0v) is 38.1. The fourth-order valence-electron chi connectivity index (χ4n) is 7.12. The highest BCUT2D eigenvalue weighted by Gasteiger charge is 2.31. The fourth-order valence-corrected chi connectivity index (χ4v) is 7.12. The van der Waals surface area contributed by atoms with Crippen LogP contribution in [0.1, 0.15) is 219 Å². The highest BCUT2D eigenvalue weighted by molar-refractivity contribution is 5.72. The first-order chi connectivity index (χ1) is 27.6. The molecule has 0 amide bonds. The van der Waals surface area contributed by atoms with Gasteiger partial charge in [0.15, 0.2) is 12.1 Å². The minimum Gasteiger partial charge on any atom is -0.477 e. The number of hydrogen-bond donors (Lipinski definition) is 1. The molecule has 0 saturated carbocycles. The summed E-state index contributed by atoms with van der Waals surface area (Å²) in [6, 6.07) is -0.612. The van der Waals surface area contributed by atoms with Crippen molar-refractivity contribution >= 4 is 17.9 Å². The molecule has 1 N–H and O–H groups in total. The van der Waals surface area contributed by atoms with Crippen LogP contribution in [0, 0.1) is 0 Å². The monoisotopic (exact) mass is 807 g/mol. The van der Waals surface area contributed by atoms with Gasteiger partial charge < -0.3 is 23.8 Å². The standard InChI is InChI=1S/C49H91NO7/c1-6-8-10-12-14-16-18-20-21-22-23-24-25-26-27-28-30-32-34-36-38-40-48(52)57-45(43-55-42-41-46(49(53)54)50(3,4)5)44-56-47(51)39-37-35-33-31-29-19-17-15-13-11-9-7-2/h18,20,22-23,45-46H,6-17,19,21,24-44H2,1-5H3/p+1/b20-18-,23-22-. The van der Waals surface area contributed by atoms with Crippen LogP contribution in [0.3, 0.4) is 0 Å². The number of quaternary nitrogens is 1. The van der Waals surface area contributed by atoms with E-state index < -0.39 is 18.1 Å². The van der Waals surface area contributed by atoms with E-state index in [0.29, 0.717) is 19.3 Å². The Labute approximate surface area is 351 Å². The van der Waals surface area contributed by atoms with Crippen molar-refractivity contribution in [1.29, 1.82) is 0 Å². The molecular weight excluding hydrogens is 715 g/mol. The molecule has 0 fully saturated rings. The van der Waals surface area contributed by atoms with E-state index in [1.807, 2.05) is 21.1 Å². The summed E-state index contributed by atoms with van der Waals surface area (Å²) in [6.07, 6.45) is 45.0. The van der Waals surface area contributed by atoms with Crippen molar-refractivity contribution < 1.29 is 38.2 Å². The molecular formula is C49H92NO7+. The SMILES string of the molecule is CCCCCCC/C=C\C/C=C\CCCCCCCCCCCC(=O)OC(COCCC(C(=O)O)[N+](C)(C)C)COC(=O)CCCCCCCCCCCCCC. The maximum absolute atomic E-state index is 12.8. The second-order valence-corrected chi connectivity index (χ2v) is 17.4. The maximum Gasteiger partial charge on any atom is 0.362 e. The van der Waals surface area contributed by atoms with Crippen molar-refractivity contribution in [2.45, 2.75) is 231 Å². The molecule has 0 heterocycles. The highest BCUT2D eigenvalue weighted by atomic mass is 16.6. The minimum atomic E-state index is -0.873. The Morgan fingerprint density at radius 3 is 1.35 bits per heavy atom. The molecule has 0 bridgehead atoms. The normalized spacial score (nSPS) is 13.1. The van der Waals surface area contributed by atoms with Crippen LogP contribution in [0.2, 0.25) is 0 Å². The van der Waals surface area contributed by atoms with Crippen molar-refractivity contribution in [2.24, 2.45) is 0 Å². The number of likely N-dealkylation sites (N-methyl/N-ethyl adjacent to an activating group) is 1. The number of esters is 2. The average Bonchev–Trinajstić information content (AvgIpc) is 3.17. The van der Waals surface area contributed by atoms with Crippen LogP contribution in [0.25, 0.3) is 0 Å². The molecule has 2 unspecified atom stereocenters. The van der Waals surface area contributed by atoms with Gasteiger partial charge in [0.05, 0.1) is 34.4 Å². The average molecular weight is 807 g/mol. The Morgan fingerprint density at radius 2 is 0.930 bits per heavy atom. The van der Waals surface area contributed by atoms with Crippen LogP contribution >= 0.6 is 0 Å². The van der Waals surface area contributed by atoms with Gasteiger partial charge in [-0.15, -0.1) is 0 Å². The molecule has 334 valence electrons. The van der Waals surface area contributed by atoms with E-state index in [1.54, 1.807) is 0 Å². The summed E-state index contributed by atoms with van der Waals surface area (Å²) in [6.45, 7) is 4.74. The van der Waals surface area contributed by atoms with Gasteiger partial charge in [-0.1, -0.05) is 179 Å². The van der Waals surface area contributed by atoms with Crippen LogP contribution in [0.5, 0.6) is 0 Å². The van der Waals surface area contributed by atoms with Gasteiger partial charge in [0.2, 0.25) is 0 Å². The third-order valence-electron chi connectivity index (χ3n) is 10.9. The molecule has 0 aromatic heterocycles. The summed E-state index contributed by atoms with van der Waals surface area (Å²) >= 11 is 0. The Morgan fingerprint density at radius 1 is 0.526 bits per heavy atom. The first kappa shape index (κ1) is 54.8. The van der Waals surface area contributed by atoms with Gasteiger partial charge in [-0.05, 0) is 44.9 Å². The lowest BCUT2D eigenvalue weighted by atomic mass is 10.0. The van der Waals surface area contributed by atoms with Gasteiger partial charge in [0.1, 0.15) is 6.61 Å². The number of carboxylic acids is 1. The number of rotatable bonds is 43. The number of ether oxygens (including phenoxy) is 3. The van der Waals surface area contributed by atoms with Gasteiger partial charge in [-0.25, -0.2) is 4.79 Å². The van der Waals surface area contributed by atoms with Crippen molar-refractivity contribution in [2.75, 3.05) is 41.0 Å². The summed E-state index contributed by atoms with van der Waals surface area (Å²) in [5.41, 5.74) is 0. The zero-order valence-electron chi connectivity index (χ0n) is 38.1. The molecule has 0 aliphatic carbocycles. The van der Waals surface area contributed by atoms with Crippen molar-refractivity contribution in [1.82, 2.24) is 0 Å². The molecule has 57 heavy (non-hydrogen) atoms. The fraction of sp³-hybridized carbons (Fsp3) is 0.857. The first-order valence-electron chi connectivity index (χ1n) is 23.9. The molecule has 8 nitrogen and oxygen atoms in total. The second kappa shape index (κ2) is 40.6. The lowest BCUT2D eigenvalue weighted by molar-refractivity contribution is -0.887. The van der Waals surface area contributed by atoms with E-state index in [0.717, 1.165) is 44.9 Å². The lowest BCUT2D eigenvalue weighted by Gasteiger charge is -2.31. The molecule has 0 spiro atoms. The van der Waals surface area contributed by atoms with E-state index in [2.05, 4.69) is 38.2 Å². The quantitative estimate of drug-likeness (QED) is 0.0283. The number of hydrogen-bond acceptors (Lipinski definition) is 6. The predicted molar refractivity (Wildman–Crippen MR) is 238 cm³/mol. The molecule has 2 atom stereocenters. The van der Waals surface area contributed by atoms with Crippen LogP contribution < -0.4 is 0 Å². The lowest BCUT2D eigenvalue weighted by Crippen LogP contribution is -2.50. The van der Waals surface area contributed by atoms with Crippen molar-refractivity contribution in [3.8, 4) is 0 Å². The Balaban J connectivity index is 4.25. The van der Waals surface area contributed by atoms with Crippen LogP contribution in [0.15, 0.2) is 24.3 Å². The maximum atomic E-state index is 12.8. The molecule has 0 aromatic rings. The highest BCUT2D eigenvalue weighted by Crippen LogP contribution is 2.15. The van der Waals surface area contributed by atoms with E-state index in [1.165, 1.54) is 141 Å². The van der Waals surface area contributed by atoms with Gasteiger partial charge in [0, 0.05) is 19.3 Å².